The van der Waals surface area contributed by atoms with Crippen molar-refractivity contribution in [2.75, 3.05) is 6.54 Å². The fourth-order valence-electron chi connectivity index (χ4n) is 5.41. The number of benzene rings is 1. The van der Waals surface area contributed by atoms with Crippen LogP contribution in [0.1, 0.15) is 61.9 Å². The highest BCUT2D eigenvalue weighted by Gasteiger charge is 2.31. The predicted molar refractivity (Wildman–Crippen MR) is 131 cm³/mol. The molecule has 1 saturated heterocycles. The largest absolute Gasteiger partial charge is 0.449 e. The van der Waals surface area contributed by atoms with E-state index >= 15 is 0 Å². The van der Waals surface area contributed by atoms with Gasteiger partial charge < -0.3 is 25.4 Å². The van der Waals surface area contributed by atoms with Gasteiger partial charge in [0.1, 0.15) is 17.9 Å². The first-order valence-electron chi connectivity index (χ1n) is 12.3. The van der Waals surface area contributed by atoms with Crippen molar-refractivity contribution in [2.24, 2.45) is 0 Å². The minimum absolute atomic E-state index is 0.0146. The molecule has 0 bridgehead atoms. The van der Waals surface area contributed by atoms with E-state index < -0.39 is 11.6 Å². The number of hydrogen-bond donors (Lipinski definition) is 3. The lowest BCUT2D eigenvalue weighted by Crippen LogP contribution is -2.39. The monoisotopic (exact) mass is 493 g/mol. The quantitative estimate of drug-likeness (QED) is 0.396. The third-order valence-electron chi connectivity index (χ3n) is 7.23. The van der Waals surface area contributed by atoms with Gasteiger partial charge >= 0.3 is 0 Å². The smallest absolute Gasteiger partial charge is 0.255 e. The highest BCUT2D eigenvalue weighted by molar-refractivity contribution is 6.12. The van der Waals surface area contributed by atoms with Crippen molar-refractivity contribution in [3.63, 3.8) is 0 Å². The van der Waals surface area contributed by atoms with Crippen LogP contribution in [-0.4, -0.2) is 34.6 Å². The summed E-state index contributed by atoms with van der Waals surface area (Å²) in [6.45, 7) is 0.684. The van der Waals surface area contributed by atoms with E-state index in [1.54, 1.807) is 24.7 Å². The number of dihydropyridines is 1. The molecule has 3 N–H and O–H groups in total. The summed E-state index contributed by atoms with van der Waals surface area (Å²) in [4.78, 5) is 19.4. The van der Waals surface area contributed by atoms with Crippen LogP contribution < -0.4 is 10.6 Å². The molecular formula is C27H29F2N5O2. The second-order valence-corrected chi connectivity index (χ2v) is 9.43. The number of hydrogen-bond acceptors (Lipinski definition) is 6. The first-order valence-corrected chi connectivity index (χ1v) is 12.3. The maximum atomic E-state index is 14.5. The van der Waals surface area contributed by atoms with Crippen molar-refractivity contribution in [1.29, 1.82) is 5.41 Å². The number of amides is 1. The summed E-state index contributed by atoms with van der Waals surface area (Å²) in [7, 11) is 0. The van der Waals surface area contributed by atoms with Gasteiger partial charge in [-0.1, -0.05) is 0 Å². The van der Waals surface area contributed by atoms with Gasteiger partial charge in [0, 0.05) is 42.2 Å². The van der Waals surface area contributed by atoms with E-state index in [-0.39, 0.29) is 29.5 Å². The van der Waals surface area contributed by atoms with E-state index in [0.29, 0.717) is 24.2 Å². The molecule has 0 spiro atoms. The third kappa shape index (κ3) is 4.96. The summed E-state index contributed by atoms with van der Waals surface area (Å²) in [5.74, 6) is -0.199. The van der Waals surface area contributed by atoms with Crippen molar-refractivity contribution < 1.29 is 18.0 Å². The van der Waals surface area contributed by atoms with Gasteiger partial charge in [0.05, 0.1) is 23.5 Å². The van der Waals surface area contributed by atoms with E-state index in [9.17, 15) is 13.6 Å². The minimum atomic E-state index is -0.467. The minimum Gasteiger partial charge on any atom is -0.449 e. The Morgan fingerprint density at radius 2 is 2.06 bits per heavy atom. The zero-order chi connectivity index (χ0) is 25.1. The van der Waals surface area contributed by atoms with Crippen molar-refractivity contribution in [1.82, 2.24) is 20.5 Å². The average molecular weight is 494 g/mol. The number of oxazole rings is 1. The van der Waals surface area contributed by atoms with Crippen LogP contribution in [0.3, 0.4) is 0 Å². The lowest BCUT2D eigenvalue weighted by molar-refractivity contribution is -0.117. The van der Waals surface area contributed by atoms with Crippen LogP contribution in [0.4, 0.5) is 8.78 Å². The van der Waals surface area contributed by atoms with Crippen molar-refractivity contribution >= 4 is 12.1 Å². The van der Waals surface area contributed by atoms with Crippen molar-refractivity contribution in [3.8, 4) is 0 Å². The van der Waals surface area contributed by atoms with Gasteiger partial charge in [-0.25, -0.2) is 13.8 Å². The zero-order valence-corrected chi connectivity index (χ0v) is 19.8. The highest BCUT2D eigenvalue weighted by Crippen LogP contribution is 2.37. The van der Waals surface area contributed by atoms with Crippen LogP contribution in [0.25, 0.3) is 0 Å². The van der Waals surface area contributed by atoms with Gasteiger partial charge in [-0.2, -0.15) is 0 Å². The lowest BCUT2D eigenvalue weighted by atomic mass is 9.86. The Morgan fingerprint density at radius 3 is 2.81 bits per heavy atom. The van der Waals surface area contributed by atoms with Gasteiger partial charge in [0.2, 0.25) is 0 Å². The van der Waals surface area contributed by atoms with Crippen LogP contribution in [-0.2, 0) is 4.79 Å². The predicted octanol–water partition coefficient (Wildman–Crippen LogP) is 4.84. The van der Waals surface area contributed by atoms with E-state index in [0.717, 1.165) is 62.0 Å². The van der Waals surface area contributed by atoms with Gasteiger partial charge in [-0.15, -0.1) is 0 Å². The average Bonchev–Trinajstić information content (AvgIpc) is 3.59. The van der Waals surface area contributed by atoms with Gasteiger partial charge in [-0.3, -0.25) is 4.79 Å². The first-order chi connectivity index (χ1) is 17.5. The van der Waals surface area contributed by atoms with E-state index in [1.807, 2.05) is 11.0 Å². The Labute approximate surface area is 208 Å². The number of aromatic nitrogens is 1. The van der Waals surface area contributed by atoms with Gasteiger partial charge in [0.15, 0.2) is 5.89 Å². The summed E-state index contributed by atoms with van der Waals surface area (Å²) in [6, 6.07) is 3.26. The van der Waals surface area contributed by atoms with Crippen LogP contribution in [0, 0.1) is 17.0 Å². The van der Waals surface area contributed by atoms with Crippen molar-refractivity contribution in [2.45, 2.75) is 56.5 Å². The van der Waals surface area contributed by atoms with Crippen molar-refractivity contribution in [3.05, 3.63) is 89.1 Å². The summed E-state index contributed by atoms with van der Waals surface area (Å²) in [5, 5.41) is 14.0. The number of likely N-dealkylation sites (tertiary alicyclic amines) is 1. The Hall–Kier alpha value is -3.75. The molecule has 7 nitrogen and oxygen atoms in total. The van der Waals surface area contributed by atoms with Crippen LogP contribution in [0.2, 0.25) is 0 Å². The van der Waals surface area contributed by atoms with Crippen LogP contribution in [0.5, 0.6) is 0 Å². The van der Waals surface area contributed by atoms with Gasteiger partial charge in [-0.05, 0) is 68.9 Å². The lowest BCUT2D eigenvalue weighted by Gasteiger charge is -2.30. The number of allylic oxidation sites excluding steroid dienone is 2. The number of carbonyl (C=O) groups excluding carboxylic acids is 1. The van der Waals surface area contributed by atoms with Gasteiger partial charge in [0.25, 0.3) is 5.91 Å². The molecule has 1 aliphatic carbocycles. The highest BCUT2D eigenvalue weighted by atomic mass is 19.1. The molecule has 9 heteroatoms. The number of nitrogens with one attached hydrogen (secondary N) is 3. The Morgan fingerprint density at radius 1 is 1.22 bits per heavy atom. The molecule has 5 rings (SSSR count). The molecule has 1 amide bonds. The molecule has 1 saturated carbocycles. The van der Waals surface area contributed by atoms with Crippen LogP contribution >= 0.6 is 0 Å². The SMILES string of the molecule is N=C/C(C(=O)NC1CCC(c2ncco2)CC1)=C1/C=C(N2CCC[C@@H]2c2cc(F)ccc2F)C=CN1. The molecule has 2 aromatic rings. The van der Waals surface area contributed by atoms with Crippen LogP contribution in [0.15, 0.2) is 70.4 Å². The molecule has 1 aromatic carbocycles. The summed E-state index contributed by atoms with van der Waals surface area (Å²) in [6.07, 6.45) is 14.6. The number of nitrogens with zero attached hydrogens (tertiary/aromatic N) is 2. The normalized spacial score (nSPS) is 25.2. The molecule has 188 valence electrons. The zero-order valence-electron chi connectivity index (χ0n) is 19.8. The maximum Gasteiger partial charge on any atom is 0.255 e. The molecule has 3 aliphatic rings. The molecule has 3 heterocycles. The Balaban J connectivity index is 1.30. The fraction of sp³-hybridized carbons (Fsp3) is 0.370. The molecule has 1 atom stereocenters. The molecule has 2 aliphatic heterocycles. The molecule has 2 fully saturated rings. The standard InChI is InChI=1S/C27H29F2N5O2/c28-18-5-8-23(29)21(14-18)25-2-1-12-34(25)20-9-10-31-24(15-20)22(16-30)26(35)33-19-6-3-17(4-7-19)27-32-11-13-36-27/h5,8-11,13-17,19,25,30-31H,1-4,6-7,12H2,(H,33,35)/b24-22+,30-16?/t17?,19?,25-/m1/s1. The van der Waals surface area contributed by atoms with E-state index in [4.69, 9.17) is 9.83 Å². The molecule has 36 heavy (non-hydrogen) atoms. The molecule has 0 radical (unpaired) electrons. The summed E-state index contributed by atoms with van der Waals surface area (Å²) in [5.41, 5.74) is 1.84. The fourth-order valence-corrected chi connectivity index (χ4v) is 5.41. The first kappa shape index (κ1) is 24.0. The number of carbonyl (C=O) groups is 1. The second-order valence-electron chi connectivity index (χ2n) is 9.43. The Bertz CT molecular complexity index is 1210. The molecule has 0 unspecified atom stereocenters. The summed E-state index contributed by atoms with van der Waals surface area (Å²) < 4.78 is 33.8. The molecule has 1 aromatic heterocycles. The number of rotatable bonds is 6. The Kier molecular flexibility index (Phi) is 6.97. The number of halogens is 2. The topological polar surface area (TPSA) is 94.2 Å². The third-order valence-corrected chi connectivity index (χ3v) is 7.23. The second kappa shape index (κ2) is 10.5. The van der Waals surface area contributed by atoms with E-state index in [2.05, 4.69) is 15.6 Å². The van der Waals surface area contributed by atoms with E-state index in [1.165, 1.54) is 6.07 Å². The maximum absolute atomic E-state index is 14.5. The molecular weight excluding hydrogens is 464 g/mol. The summed E-state index contributed by atoms with van der Waals surface area (Å²) >= 11 is 0.